The predicted molar refractivity (Wildman–Crippen MR) is 75.9 cm³/mol. The number of hydrogen-bond donors (Lipinski definition) is 0. The van der Waals surface area contributed by atoms with Gasteiger partial charge in [0.05, 0.1) is 7.11 Å². The molecule has 19 heavy (non-hydrogen) atoms. The van der Waals surface area contributed by atoms with Crippen molar-refractivity contribution in [3.63, 3.8) is 0 Å². The van der Waals surface area contributed by atoms with E-state index in [0.717, 1.165) is 22.6 Å². The van der Waals surface area contributed by atoms with Crippen molar-refractivity contribution in [2.24, 2.45) is 0 Å². The zero-order chi connectivity index (χ0) is 13.7. The monoisotopic (exact) mass is 277 g/mol. The Morgan fingerprint density at radius 1 is 1.16 bits per heavy atom. The first-order valence-electron chi connectivity index (χ1n) is 6.00. The first-order valence-corrected chi connectivity index (χ1v) is 6.54. The summed E-state index contributed by atoms with van der Waals surface area (Å²) in [7, 11) is 1.65. The molecule has 0 saturated heterocycles. The molecule has 0 atom stereocenters. The number of rotatable bonds is 5. The molecule has 1 aromatic carbocycles. The fourth-order valence-corrected chi connectivity index (χ4v) is 1.93. The van der Waals surface area contributed by atoms with Crippen molar-refractivity contribution in [3.05, 3.63) is 53.2 Å². The van der Waals surface area contributed by atoms with Gasteiger partial charge in [0.15, 0.2) is 0 Å². The molecule has 2 rings (SSSR count). The number of halogens is 1. The largest absolute Gasteiger partial charge is 0.497 e. The van der Waals surface area contributed by atoms with Gasteiger partial charge in [0.2, 0.25) is 5.88 Å². The van der Waals surface area contributed by atoms with Gasteiger partial charge in [-0.2, -0.15) is 0 Å². The van der Waals surface area contributed by atoms with Gasteiger partial charge in [0.1, 0.15) is 12.4 Å². The van der Waals surface area contributed by atoms with Crippen molar-refractivity contribution in [3.8, 4) is 11.6 Å². The van der Waals surface area contributed by atoms with Crippen LogP contribution in [0.25, 0.3) is 0 Å². The molecule has 0 aliphatic carbocycles. The van der Waals surface area contributed by atoms with E-state index in [2.05, 4.69) is 4.98 Å². The van der Waals surface area contributed by atoms with E-state index in [-0.39, 0.29) is 0 Å². The van der Waals surface area contributed by atoms with Crippen LogP contribution in [0.2, 0.25) is 0 Å². The zero-order valence-electron chi connectivity index (χ0n) is 11.0. The number of pyridine rings is 1. The Balaban J connectivity index is 2.07. The van der Waals surface area contributed by atoms with Gasteiger partial charge in [-0.25, -0.2) is 4.98 Å². The van der Waals surface area contributed by atoms with Crippen molar-refractivity contribution >= 4 is 11.6 Å². The van der Waals surface area contributed by atoms with Gasteiger partial charge in [0, 0.05) is 17.6 Å². The van der Waals surface area contributed by atoms with Crippen LogP contribution in [0.15, 0.2) is 36.4 Å². The third kappa shape index (κ3) is 3.86. The molecule has 1 heterocycles. The Morgan fingerprint density at radius 3 is 2.74 bits per heavy atom. The molecule has 1 aromatic heterocycles. The summed E-state index contributed by atoms with van der Waals surface area (Å²) < 4.78 is 10.9. The third-order valence-electron chi connectivity index (χ3n) is 2.66. The lowest BCUT2D eigenvalue weighted by Crippen LogP contribution is -1.99. The highest BCUT2D eigenvalue weighted by Gasteiger charge is 2.02. The van der Waals surface area contributed by atoms with Crippen molar-refractivity contribution in [1.82, 2.24) is 4.98 Å². The quantitative estimate of drug-likeness (QED) is 0.781. The summed E-state index contributed by atoms with van der Waals surface area (Å²) in [6.07, 6.45) is 0. The number of aromatic nitrogens is 1. The first kappa shape index (κ1) is 13.7. The Morgan fingerprint density at radius 2 is 2.00 bits per heavy atom. The van der Waals surface area contributed by atoms with Crippen LogP contribution in [0.5, 0.6) is 11.6 Å². The summed E-state index contributed by atoms with van der Waals surface area (Å²) in [5.74, 6) is 1.87. The highest BCUT2D eigenvalue weighted by Crippen LogP contribution is 2.17. The van der Waals surface area contributed by atoms with E-state index in [1.54, 1.807) is 7.11 Å². The molecular weight excluding hydrogens is 262 g/mol. The smallest absolute Gasteiger partial charge is 0.214 e. The van der Waals surface area contributed by atoms with E-state index in [9.17, 15) is 0 Å². The molecule has 2 aromatic rings. The molecule has 0 fully saturated rings. The van der Waals surface area contributed by atoms with Gasteiger partial charge in [-0.1, -0.05) is 12.1 Å². The topological polar surface area (TPSA) is 31.4 Å². The second kappa shape index (κ2) is 6.43. The summed E-state index contributed by atoms with van der Waals surface area (Å²) in [5.41, 5.74) is 2.95. The van der Waals surface area contributed by atoms with E-state index in [1.165, 1.54) is 0 Å². The van der Waals surface area contributed by atoms with E-state index in [0.29, 0.717) is 18.4 Å². The lowest BCUT2D eigenvalue weighted by Gasteiger charge is -2.08. The lowest BCUT2D eigenvalue weighted by atomic mass is 10.2. The standard InChI is InChI=1S/C15H16ClNO2/c1-11-6-13(9-16)8-15(17-11)19-10-12-4-3-5-14(7-12)18-2/h3-8H,9-10H2,1-2H3. The number of aryl methyl sites for hydroxylation is 1. The fraction of sp³-hybridized carbons (Fsp3) is 0.267. The summed E-state index contributed by atoms with van der Waals surface area (Å²) in [6, 6.07) is 11.6. The maximum absolute atomic E-state index is 5.83. The molecule has 3 nitrogen and oxygen atoms in total. The number of nitrogens with zero attached hydrogens (tertiary/aromatic N) is 1. The molecule has 0 unspecified atom stereocenters. The zero-order valence-corrected chi connectivity index (χ0v) is 11.8. The Bertz CT molecular complexity index is 558. The molecule has 100 valence electrons. The van der Waals surface area contributed by atoms with Crippen molar-refractivity contribution in [1.29, 1.82) is 0 Å². The average molecular weight is 278 g/mol. The molecular formula is C15H16ClNO2. The fourth-order valence-electron chi connectivity index (χ4n) is 1.78. The Hall–Kier alpha value is -1.74. The predicted octanol–water partition coefficient (Wildman–Crippen LogP) is 3.72. The second-order valence-electron chi connectivity index (χ2n) is 4.23. The van der Waals surface area contributed by atoms with Gasteiger partial charge in [-0.15, -0.1) is 11.6 Å². The minimum absolute atomic E-state index is 0.454. The molecule has 0 aliphatic rings. The van der Waals surface area contributed by atoms with Crippen LogP contribution < -0.4 is 9.47 Å². The lowest BCUT2D eigenvalue weighted by molar-refractivity contribution is 0.292. The summed E-state index contributed by atoms with van der Waals surface area (Å²) in [6.45, 7) is 2.38. The van der Waals surface area contributed by atoms with E-state index >= 15 is 0 Å². The Labute approximate surface area is 118 Å². The van der Waals surface area contributed by atoms with Crippen LogP contribution in [-0.2, 0) is 12.5 Å². The summed E-state index contributed by atoms with van der Waals surface area (Å²) in [5, 5.41) is 0. The second-order valence-corrected chi connectivity index (χ2v) is 4.50. The highest BCUT2D eigenvalue weighted by molar-refractivity contribution is 6.17. The van der Waals surface area contributed by atoms with Crippen LogP contribution in [0.3, 0.4) is 0 Å². The van der Waals surface area contributed by atoms with Crippen LogP contribution in [0.1, 0.15) is 16.8 Å². The van der Waals surface area contributed by atoms with E-state index < -0.39 is 0 Å². The summed E-state index contributed by atoms with van der Waals surface area (Å²) >= 11 is 5.83. The average Bonchev–Trinajstić information content (AvgIpc) is 2.44. The third-order valence-corrected chi connectivity index (χ3v) is 2.97. The molecule has 0 amide bonds. The maximum Gasteiger partial charge on any atom is 0.214 e. The van der Waals surface area contributed by atoms with Gasteiger partial charge in [-0.05, 0) is 36.2 Å². The normalized spacial score (nSPS) is 10.3. The van der Waals surface area contributed by atoms with Crippen LogP contribution in [-0.4, -0.2) is 12.1 Å². The minimum atomic E-state index is 0.454. The molecule has 0 radical (unpaired) electrons. The molecule has 0 bridgehead atoms. The van der Waals surface area contributed by atoms with Crippen LogP contribution in [0.4, 0.5) is 0 Å². The van der Waals surface area contributed by atoms with Crippen LogP contribution >= 0.6 is 11.6 Å². The maximum atomic E-state index is 5.83. The van der Waals surface area contributed by atoms with Crippen molar-refractivity contribution in [2.75, 3.05) is 7.11 Å². The van der Waals surface area contributed by atoms with Gasteiger partial charge >= 0.3 is 0 Å². The molecule has 0 spiro atoms. The highest BCUT2D eigenvalue weighted by atomic mass is 35.5. The van der Waals surface area contributed by atoms with Crippen molar-refractivity contribution < 1.29 is 9.47 Å². The molecule has 0 saturated carbocycles. The number of benzene rings is 1. The molecule has 0 N–H and O–H groups in total. The molecule has 0 aliphatic heterocycles. The van der Waals surface area contributed by atoms with Gasteiger partial charge in [0.25, 0.3) is 0 Å². The van der Waals surface area contributed by atoms with Gasteiger partial charge < -0.3 is 9.47 Å². The Kier molecular flexibility index (Phi) is 4.63. The number of methoxy groups -OCH3 is 1. The van der Waals surface area contributed by atoms with E-state index in [4.69, 9.17) is 21.1 Å². The van der Waals surface area contributed by atoms with E-state index in [1.807, 2.05) is 43.3 Å². The summed E-state index contributed by atoms with van der Waals surface area (Å²) in [4.78, 5) is 4.33. The number of ether oxygens (including phenoxy) is 2. The SMILES string of the molecule is COc1cccc(COc2cc(CCl)cc(C)n2)c1. The number of hydrogen-bond acceptors (Lipinski definition) is 3. The van der Waals surface area contributed by atoms with Crippen LogP contribution in [0, 0.1) is 6.92 Å². The van der Waals surface area contributed by atoms with Gasteiger partial charge in [-0.3, -0.25) is 0 Å². The number of alkyl halides is 1. The molecule has 4 heteroatoms. The minimum Gasteiger partial charge on any atom is -0.497 e. The van der Waals surface area contributed by atoms with Crippen molar-refractivity contribution in [2.45, 2.75) is 19.4 Å². The first-order chi connectivity index (χ1) is 9.21.